The molecule has 2 heterocycles. The molecule has 2 aromatic carbocycles. The lowest BCUT2D eigenvalue weighted by Gasteiger charge is -2.19. The van der Waals surface area contributed by atoms with Gasteiger partial charge in [-0.25, -0.2) is 4.79 Å². The van der Waals surface area contributed by atoms with E-state index in [9.17, 15) is 9.59 Å². The summed E-state index contributed by atoms with van der Waals surface area (Å²) in [6.07, 6.45) is 0. The van der Waals surface area contributed by atoms with Gasteiger partial charge in [0, 0.05) is 23.1 Å². The summed E-state index contributed by atoms with van der Waals surface area (Å²) in [4.78, 5) is 25.7. The summed E-state index contributed by atoms with van der Waals surface area (Å²) in [5.41, 5.74) is 6.50. The maximum atomic E-state index is 13.0. The zero-order valence-electron chi connectivity index (χ0n) is 23.4. The van der Waals surface area contributed by atoms with E-state index in [0.717, 1.165) is 33.6 Å². The van der Waals surface area contributed by atoms with Crippen LogP contribution in [0.3, 0.4) is 0 Å². The normalized spacial score (nSPS) is 11.5. The molecule has 0 aliphatic heterocycles. The van der Waals surface area contributed by atoms with Crippen LogP contribution in [0.2, 0.25) is 0 Å². The average Bonchev–Trinajstić information content (AvgIpc) is 3.51. The summed E-state index contributed by atoms with van der Waals surface area (Å²) in [7, 11) is 1.35. The molecule has 0 aliphatic rings. The van der Waals surface area contributed by atoms with Gasteiger partial charge in [-0.15, -0.1) is 21.5 Å². The Morgan fingerprint density at radius 2 is 1.77 bits per heavy atom. The SMILES string of the molecule is CCn1c(SCC(=O)Nc2scc(-c3cc(C)ccc3C)c2C(=O)OC)nnc1-c1ccc(C(C)(C)C)cc1. The van der Waals surface area contributed by atoms with Crippen molar-refractivity contribution in [3.8, 4) is 22.5 Å². The second-order valence-electron chi connectivity index (χ2n) is 10.4. The fraction of sp³-hybridized carbons (Fsp3) is 0.333. The molecule has 204 valence electrons. The molecule has 2 aromatic heterocycles. The Kier molecular flexibility index (Phi) is 8.61. The van der Waals surface area contributed by atoms with Crippen LogP contribution < -0.4 is 5.32 Å². The number of hydrogen-bond donors (Lipinski definition) is 1. The zero-order valence-corrected chi connectivity index (χ0v) is 25.0. The molecule has 1 amide bonds. The number of carbonyl (C=O) groups is 2. The first-order valence-electron chi connectivity index (χ1n) is 12.8. The Bertz CT molecular complexity index is 1500. The summed E-state index contributed by atoms with van der Waals surface area (Å²) in [5, 5.41) is 14.7. The van der Waals surface area contributed by atoms with E-state index in [-0.39, 0.29) is 17.1 Å². The zero-order chi connectivity index (χ0) is 28.3. The van der Waals surface area contributed by atoms with E-state index < -0.39 is 5.97 Å². The van der Waals surface area contributed by atoms with Gasteiger partial charge < -0.3 is 14.6 Å². The molecule has 9 heteroatoms. The van der Waals surface area contributed by atoms with Crippen LogP contribution in [0.5, 0.6) is 0 Å². The van der Waals surface area contributed by atoms with Gasteiger partial charge in [0.2, 0.25) is 5.91 Å². The molecule has 0 unspecified atom stereocenters. The molecule has 0 atom stereocenters. The quantitative estimate of drug-likeness (QED) is 0.182. The van der Waals surface area contributed by atoms with E-state index in [0.29, 0.717) is 22.3 Å². The number of ether oxygens (including phenoxy) is 1. The smallest absolute Gasteiger partial charge is 0.341 e. The third-order valence-electron chi connectivity index (χ3n) is 6.49. The molecule has 7 nitrogen and oxygen atoms in total. The van der Waals surface area contributed by atoms with Crippen molar-refractivity contribution in [1.29, 1.82) is 0 Å². The number of aryl methyl sites for hydroxylation is 2. The number of carbonyl (C=O) groups excluding carboxylic acids is 2. The number of nitrogens with one attached hydrogen (secondary N) is 1. The lowest BCUT2D eigenvalue weighted by atomic mass is 9.87. The maximum absolute atomic E-state index is 13.0. The van der Waals surface area contributed by atoms with Crippen molar-refractivity contribution in [3.63, 3.8) is 0 Å². The molecule has 0 saturated heterocycles. The number of anilines is 1. The second-order valence-corrected chi connectivity index (χ2v) is 12.2. The van der Waals surface area contributed by atoms with Gasteiger partial charge >= 0.3 is 5.97 Å². The van der Waals surface area contributed by atoms with Crippen molar-refractivity contribution >= 4 is 40.0 Å². The van der Waals surface area contributed by atoms with Crippen LogP contribution >= 0.6 is 23.1 Å². The standard InChI is InChI=1S/C30H34N4O3S2/c1-8-34-26(20-11-13-21(14-12-20)30(4,5)6)32-33-29(34)39-17-24(35)31-27-25(28(36)37-7)23(16-38-27)22-15-18(2)9-10-19(22)3/h9-16H,8,17H2,1-7H3,(H,31,35). The van der Waals surface area contributed by atoms with Gasteiger partial charge in [0.25, 0.3) is 0 Å². The first-order chi connectivity index (χ1) is 18.5. The van der Waals surface area contributed by atoms with Crippen LogP contribution in [0.1, 0.15) is 54.7 Å². The summed E-state index contributed by atoms with van der Waals surface area (Å²) in [6, 6.07) is 14.5. The van der Waals surface area contributed by atoms with Gasteiger partial charge in [-0.05, 0) is 42.9 Å². The Morgan fingerprint density at radius 1 is 1.05 bits per heavy atom. The van der Waals surface area contributed by atoms with E-state index in [1.54, 1.807) is 0 Å². The van der Waals surface area contributed by atoms with Gasteiger partial charge in [-0.1, -0.05) is 80.6 Å². The minimum atomic E-state index is -0.483. The van der Waals surface area contributed by atoms with Crippen LogP contribution in [0.15, 0.2) is 53.0 Å². The molecular formula is C30H34N4O3S2. The molecule has 0 aliphatic carbocycles. The summed E-state index contributed by atoms with van der Waals surface area (Å²) in [5.74, 6) is 0.174. The van der Waals surface area contributed by atoms with Gasteiger partial charge in [-0.3, -0.25) is 4.79 Å². The number of hydrogen-bond acceptors (Lipinski definition) is 7. The number of esters is 1. The summed E-state index contributed by atoms with van der Waals surface area (Å²) < 4.78 is 7.08. The molecule has 0 radical (unpaired) electrons. The van der Waals surface area contributed by atoms with Crippen LogP contribution in [0.25, 0.3) is 22.5 Å². The summed E-state index contributed by atoms with van der Waals surface area (Å²) >= 11 is 2.63. The Balaban J connectivity index is 1.51. The van der Waals surface area contributed by atoms with E-state index >= 15 is 0 Å². The highest BCUT2D eigenvalue weighted by molar-refractivity contribution is 7.99. The highest BCUT2D eigenvalue weighted by atomic mass is 32.2. The first-order valence-corrected chi connectivity index (χ1v) is 14.6. The third-order valence-corrected chi connectivity index (χ3v) is 8.35. The van der Waals surface area contributed by atoms with Gasteiger partial charge in [0.1, 0.15) is 10.6 Å². The molecule has 4 rings (SSSR count). The van der Waals surface area contributed by atoms with Gasteiger partial charge in [-0.2, -0.15) is 0 Å². The Hall–Kier alpha value is -3.43. The van der Waals surface area contributed by atoms with Crippen LogP contribution in [-0.2, 0) is 21.5 Å². The van der Waals surface area contributed by atoms with Gasteiger partial charge in [0.15, 0.2) is 11.0 Å². The molecule has 1 N–H and O–H groups in total. The highest BCUT2D eigenvalue weighted by Crippen LogP contribution is 2.38. The minimum Gasteiger partial charge on any atom is -0.465 e. The van der Waals surface area contributed by atoms with E-state index in [1.807, 2.05) is 48.9 Å². The number of amides is 1. The Morgan fingerprint density at radius 3 is 2.41 bits per heavy atom. The van der Waals surface area contributed by atoms with Crippen LogP contribution in [0.4, 0.5) is 5.00 Å². The number of rotatable bonds is 8. The van der Waals surface area contributed by atoms with Crippen molar-refractivity contribution in [2.24, 2.45) is 0 Å². The molecule has 4 aromatic rings. The number of thiophene rings is 1. The topological polar surface area (TPSA) is 86.1 Å². The second kappa shape index (κ2) is 11.8. The van der Waals surface area contributed by atoms with Crippen molar-refractivity contribution < 1.29 is 14.3 Å². The van der Waals surface area contributed by atoms with Crippen molar-refractivity contribution in [2.75, 3.05) is 18.2 Å². The monoisotopic (exact) mass is 562 g/mol. The lowest BCUT2D eigenvalue weighted by molar-refractivity contribution is -0.113. The van der Waals surface area contributed by atoms with E-state index in [4.69, 9.17) is 4.74 Å². The predicted octanol–water partition coefficient (Wildman–Crippen LogP) is 7.13. The number of benzene rings is 2. The molecular weight excluding hydrogens is 528 g/mol. The molecule has 39 heavy (non-hydrogen) atoms. The molecule has 0 saturated carbocycles. The van der Waals surface area contributed by atoms with Crippen molar-refractivity contribution in [1.82, 2.24) is 14.8 Å². The van der Waals surface area contributed by atoms with Crippen molar-refractivity contribution in [3.05, 3.63) is 70.1 Å². The average molecular weight is 563 g/mol. The Labute approximate surface area is 238 Å². The fourth-order valence-electron chi connectivity index (χ4n) is 4.29. The third kappa shape index (κ3) is 6.25. The van der Waals surface area contributed by atoms with Crippen molar-refractivity contribution in [2.45, 2.75) is 58.7 Å². The molecule has 0 fully saturated rings. The molecule has 0 spiro atoms. The maximum Gasteiger partial charge on any atom is 0.341 e. The number of thioether (sulfide) groups is 1. The fourth-order valence-corrected chi connectivity index (χ4v) is 6.05. The lowest BCUT2D eigenvalue weighted by Crippen LogP contribution is -2.16. The first kappa shape index (κ1) is 28.6. The van der Waals surface area contributed by atoms with E-state index in [2.05, 4.69) is 60.6 Å². The highest BCUT2D eigenvalue weighted by Gasteiger charge is 2.24. The minimum absolute atomic E-state index is 0.0707. The van der Waals surface area contributed by atoms with E-state index in [1.165, 1.54) is 35.8 Å². The largest absolute Gasteiger partial charge is 0.465 e. The van der Waals surface area contributed by atoms with Gasteiger partial charge in [0.05, 0.1) is 12.9 Å². The van der Waals surface area contributed by atoms with Crippen LogP contribution in [0, 0.1) is 13.8 Å². The number of aromatic nitrogens is 3. The summed E-state index contributed by atoms with van der Waals surface area (Å²) in [6.45, 7) is 13.3. The predicted molar refractivity (Wildman–Crippen MR) is 160 cm³/mol. The molecule has 0 bridgehead atoms. The van der Waals surface area contributed by atoms with Crippen LogP contribution in [-0.4, -0.2) is 39.5 Å². The number of nitrogens with zero attached hydrogens (tertiary/aromatic N) is 3. The number of methoxy groups -OCH3 is 1.